The quantitative estimate of drug-likeness (QED) is 0.276. The fraction of sp³-hybridized carbons (Fsp3) is 0.207. The van der Waals surface area contributed by atoms with Gasteiger partial charge in [-0.05, 0) is 78.6 Å². The van der Waals surface area contributed by atoms with Gasteiger partial charge < -0.3 is 14.9 Å². The Hall–Kier alpha value is -4.57. The highest BCUT2D eigenvalue weighted by molar-refractivity contribution is 6.51. The first-order valence-electron chi connectivity index (χ1n) is 11.6. The highest BCUT2D eigenvalue weighted by Gasteiger charge is 2.47. The second kappa shape index (κ2) is 9.96. The van der Waals surface area contributed by atoms with Gasteiger partial charge in [0.05, 0.1) is 29.9 Å². The third-order valence-corrected chi connectivity index (χ3v) is 6.13. The molecule has 182 valence electrons. The van der Waals surface area contributed by atoms with Crippen molar-refractivity contribution in [2.45, 2.75) is 32.7 Å². The molecule has 2 N–H and O–H groups in total. The van der Waals surface area contributed by atoms with Gasteiger partial charge in [-0.15, -0.1) is 0 Å². The van der Waals surface area contributed by atoms with Crippen LogP contribution >= 0.6 is 0 Å². The lowest BCUT2D eigenvalue weighted by atomic mass is 9.93. The smallest absolute Gasteiger partial charge is 0.300 e. The number of ketones is 1. The van der Waals surface area contributed by atoms with Crippen LogP contribution in [0.1, 0.15) is 55.0 Å². The van der Waals surface area contributed by atoms with Crippen LogP contribution in [0.3, 0.4) is 0 Å². The van der Waals surface area contributed by atoms with Gasteiger partial charge in [0.25, 0.3) is 11.7 Å². The Balaban J connectivity index is 1.92. The van der Waals surface area contributed by atoms with Gasteiger partial charge in [-0.3, -0.25) is 14.5 Å². The number of hydrogen-bond acceptors (Lipinski definition) is 6. The lowest BCUT2D eigenvalue weighted by Crippen LogP contribution is -2.29. The standard InChI is InChI=1S/C29H26N2O5/c1-4-36-24-14-9-20(15-23(24)17(2)3)27(33)25-26(19-7-12-22(32)13-8-19)31(29(35)28(25)34)21-10-5-18(16-30)6-11-21/h5-15,17,26,32-33H,4H2,1-3H3/b27-25-. The monoisotopic (exact) mass is 482 g/mol. The number of rotatable bonds is 6. The Morgan fingerprint density at radius 3 is 2.31 bits per heavy atom. The van der Waals surface area contributed by atoms with Crippen LogP contribution in [-0.4, -0.2) is 28.5 Å². The maximum Gasteiger partial charge on any atom is 0.300 e. The fourth-order valence-corrected chi connectivity index (χ4v) is 4.36. The van der Waals surface area contributed by atoms with Crippen molar-refractivity contribution >= 4 is 23.1 Å². The normalized spacial score (nSPS) is 16.9. The lowest BCUT2D eigenvalue weighted by molar-refractivity contribution is -0.132. The predicted octanol–water partition coefficient (Wildman–Crippen LogP) is 5.41. The van der Waals surface area contributed by atoms with E-state index in [0.29, 0.717) is 34.7 Å². The van der Waals surface area contributed by atoms with Crippen LogP contribution in [-0.2, 0) is 9.59 Å². The van der Waals surface area contributed by atoms with Crippen LogP contribution < -0.4 is 9.64 Å². The molecule has 1 heterocycles. The number of carbonyl (C=O) groups is 2. The second-order valence-electron chi connectivity index (χ2n) is 8.76. The molecule has 7 nitrogen and oxygen atoms in total. The summed E-state index contributed by atoms with van der Waals surface area (Å²) in [5.74, 6) is -1.11. The van der Waals surface area contributed by atoms with E-state index in [-0.39, 0.29) is 23.0 Å². The first-order chi connectivity index (χ1) is 17.3. The number of phenols is 1. The van der Waals surface area contributed by atoms with Crippen molar-refractivity contribution in [1.82, 2.24) is 0 Å². The molecule has 7 heteroatoms. The van der Waals surface area contributed by atoms with Crippen molar-refractivity contribution in [3.63, 3.8) is 0 Å². The number of benzene rings is 3. The minimum absolute atomic E-state index is 0.0298. The Kier molecular flexibility index (Phi) is 6.80. The van der Waals surface area contributed by atoms with Crippen LogP contribution in [0.4, 0.5) is 5.69 Å². The molecule has 0 aromatic heterocycles. The van der Waals surface area contributed by atoms with Crippen molar-refractivity contribution in [3.8, 4) is 17.6 Å². The molecule has 1 aliphatic heterocycles. The molecule has 1 amide bonds. The summed E-state index contributed by atoms with van der Waals surface area (Å²) in [5.41, 5.74) is 2.55. The molecule has 1 aliphatic rings. The van der Waals surface area contributed by atoms with Gasteiger partial charge in [-0.1, -0.05) is 26.0 Å². The number of aliphatic hydroxyl groups is 1. The number of hydrogen-bond donors (Lipinski definition) is 2. The molecule has 1 saturated heterocycles. The van der Waals surface area contributed by atoms with Crippen LogP contribution in [0.2, 0.25) is 0 Å². The fourth-order valence-electron chi connectivity index (χ4n) is 4.36. The molecule has 3 aromatic rings. The molecule has 0 bridgehead atoms. The number of ether oxygens (including phenoxy) is 1. The third-order valence-electron chi connectivity index (χ3n) is 6.13. The molecule has 4 rings (SSSR count). The number of phenolic OH excluding ortho intramolecular Hbond substituents is 1. The third kappa shape index (κ3) is 4.41. The van der Waals surface area contributed by atoms with E-state index < -0.39 is 17.7 Å². The summed E-state index contributed by atoms with van der Waals surface area (Å²) in [7, 11) is 0. The maximum absolute atomic E-state index is 13.3. The van der Waals surface area contributed by atoms with Crippen LogP contribution in [0.25, 0.3) is 5.76 Å². The number of amides is 1. The van der Waals surface area contributed by atoms with Crippen molar-refractivity contribution in [3.05, 3.63) is 94.6 Å². The predicted molar refractivity (Wildman–Crippen MR) is 136 cm³/mol. The average molecular weight is 483 g/mol. The Labute approximate surface area is 209 Å². The molecular weight excluding hydrogens is 456 g/mol. The number of carbonyl (C=O) groups excluding carboxylic acids is 2. The minimum Gasteiger partial charge on any atom is -0.508 e. The van der Waals surface area contributed by atoms with E-state index in [1.54, 1.807) is 54.6 Å². The zero-order valence-corrected chi connectivity index (χ0v) is 20.2. The molecule has 0 radical (unpaired) electrons. The van der Waals surface area contributed by atoms with Gasteiger partial charge in [0, 0.05) is 11.3 Å². The highest BCUT2D eigenvalue weighted by atomic mass is 16.5. The molecule has 0 aliphatic carbocycles. The summed E-state index contributed by atoms with van der Waals surface area (Å²) < 4.78 is 5.72. The summed E-state index contributed by atoms with van der Waals surface area (Å²) >= 11 is 0. The van der Waals surface area contributed by atoms with Crippen LogP contribution in [0, 0.1) is 11.3 Å². The first-order valence-corrected chi connectivity index (χ1v) is 11.6. The summed E-state index contributed by atoms with van der Waals surface area (Å²) in [6.45, 7) is 6.38. The molecular formula is C29H26N2O5. The van der Waals surface area contributed by atoms with Gasteiger partial charge in [-0.2, -0.15) is 5.26 Å². The SMILES string of the molecule is CCOc1ccc(/C(O)=C2/C(=O)C(=O)N(c3ccc(C#N)cc3)C2c2ccc(O)cc2)cc1C(C)C. The maximum atomic E-state index is 13.3. The van der Waals surface area contributed by atoms with Crippen LogP contribution in [0.5, 0.6) is 11.5 Å². The van der Waals surface area contributed by atoms with Crippen molar-refractivity contribution in [2.24, 2.45) is 0 Å². The van der Waals surface area contributed by atoms with E-state index in [4.69, 9.17) is 10.00 Å². The van der Waals surface area contributed by atoms with Crippen molar-refractivity contribution in [2.75, 3.05) is 11.5 Å². The largest absolute Gasteiger partial charge is 0.508 e. The van der Waals surface area contributed by atoms with Gasteiger partial charge in [-0.25, -0.2) is 0 Å². The first kappa shape index (κ1) is 24.6. The van der Waals surface area contributed by atoms with E-state index in [9.17, 15) is 19.8 Å². The van der Waals surface area contributed by atoms with Crippen molar-refractivity contribution in [1.29, 1.82) is 5.26 Å². The number of nitrogens with zero attached hydrogens (tertiary/aromatic N) is 2. The highest BCUT2D eigenvalue weighted by Crippen LogP contribution is 2.43. The van der Waals surface area contributed by atoms with E-state index in [1.807, 2.05) is 26.8 Å². The second-order valence-corrected chi connectivity index (χ2v) is 8.76. The molecule has 1 atom stereocenters. The molecule has 1 fully saturated rings. The van der Waals surface area contributed by atoms with E-state index in [1.165, 1.54) is 17.0 Å². The number of aromatic hydroxyl groups is 1. The molecule has 3 aromatic carbocycles. The summed E-state index contributed by atoms with van der Waals surface area (Å²) in [4.78, 5) is 27.9. The molecule has 0 spiro atoms. The average Bonchev–Trinajstić information content (AvgIpc) is 3.14. The van der Waals surface area contributed by atoms with E-state index in [0.717, 1.165) is 5.56 Å². The Morgan fingerprint density at radius 2 is 1.72 bits per heavy atom. The molecule has 1 unspecified atom stereocenters. The number of aliphatic hydroxyl groups excluding tert-OH is 1. The molecule has 36 heavy (non-hydrogen) atoms. The lowest BCUT2D eigenvalue weighted by Gasteiger charge is -2.25. The molecule has 0 saturated carbocycles. The number of Topliss-reactive ketones (excluding diaryl/α,β-unsaturated/α-hetero) is 1. The summed E-state index contributed by atoms with van der Waals surface area (Å²) in [6, 6.07) is 18.7. The van der Waals surface area contributed by atoms with Gasteiger partial charge in [0.2, 0.25) is 0 Å². The van der Waals surface area contributed by atoms with E-state index in [2.05, 4.69) is 0 Å². The number of anilines is 1. The zero-order chi connectivity index (χ0) is 26.0. The topological polar surface area (TPSA) is 111 Å². The van der Waals surface area contributed by atoms with E-state index >= 15 is 0 Å². The summed E-state index contributed by atoms with van der Waals surface area (Å²) in [6.07, 6.45) is 0. The van der Waals surface area contributed by atoms with Crippen LogP contribution in [0.15, 0.2) is 72.3 Å². The van der Waals surface area contributed by atoms with Gasteiger partial charge in [0.15, 0.2) is 0 Å². The number of nitriles is 1. The zero-order valence-electron chi connectivity index (χ0n) is 20.2. The van der Waals surface area contributed by atoms with Gasteiger partial charge in [0.1, 0.15) is 17.3 Å². The Bertz CT molecular complexity index is 1380. The van der Waals surface area contributed by atoms with Gasteiger partial charge >= 0.3 is 0 Å². The summed E-state index contributed by atoms with van der Waals surface area (Å²) in [5, 5.41) is 30.4. The Morgan fingerprint density at radius 1 is 1.06 bits per heavy atom. The van der Waals surface area contributed by atoms with Crippen molar-refractivity contribution < 1.29 is 24.5 Å². The minimum atomic E-state index is -0.937.